The molecule has 0 aliphatic rings. The summed E-state index contributed by atoms with van der Waals surface area (Å²) in [6.45, 7) is 6.75. The first kappa shape index (κ1) is 11.6. The van der Waals surface area contributed by atoms with Crippen molar-refractivity contribution in [1.29, 1.82) is 0 Å². The van der Waals surface area contributed by atoms with Crippen LogP contribution in [0.25, 0.3) is 0 Å². The van der Waals surface area contributed by atoms with Crippen LogP contribution in [0.1, 0.15) is 20.3 Å². The lowest BCUT2D eigenvalue weighted by Gasteiger charge is -2.12. The summed E-state index contributed by atoms with van der Waals surface area (Å²) in [4.78, 5) is 10.3. The second-order valence-electron chi connectivity index (χ2n) is 2.33. The standard InChI is InChI=1S/C9H14O4/c1-4-5-6-12-8(3)13-7(2)9(10)11/h5-6,8H,2,4H2,1,3H3,(H,10,11). The lowest BCUT2D eigenvalue weighted by atomic mass is 10.5. The fraction of sp³-hybridized carbons (Fsp3) is 0.444. The Morgan fingerprint density at radius 3 is 2.77 bits per heavy atom. The van der Waals surface area contributed by atoms with Gasteiger partial charge in [-0.05, 0) is 19.1 Å². The molecule has 0 rings (SSSR count). The van der Waals surface area contributed by atoms with Crippen LogP contribution in [-0.4, -0.2) is 17.4 Å². The maximum atomic E-state index is 10.3. The molecular weight excluding hydrogens is 172 g/mol. The summed E-state index contributed by atoms with van der Waals surface area (Å²) in [6, 6.07) is 0. The smallest absolute Gasteiger partial charge is 0.370 e. The summed E-state index contributed by atoms with van der Waals surface area (Å²) >= 11 is 0. The maximum absolute atomic E-state index is 10.3. The van der Waals surface area contributed by atoms with E-state index in [0.29, 0.717) is 0 Å². The Morgan fingerprint density at radius 2 is 2.31 bits per heavy atom. The van der Waals surface area contributed by atoms with Crippen molar-refractivity contribution >= 4 is 5.97 Å². The van der Waals surface area contributed by atoms with E-state index in [0.717, 1.165) is 6.42 Å². The van der Waals surface area contributed by atoms with Crippen LogP contribution in [0.5, 0.6) is 0 Å². The van der Waals surface area contributed by atoms with Crippen molar-refractivity contribution in [3.8, 4) is 0 Å². The van der Waals surface area contributed by atoms with Crippen molar-refractivity contribution in [2.45, 2.75) is 26.6 Å². The minimum atomic E-state index is -1.19. The van der Waals surface area contributed by atoms with Gasteiger partial charge in [0.05, 0.1) is 6.26 Å². The Bertz CT molecular complexity index is 208. The molecule has 1 unspecified atom stereocenters. The van der Waals surface area contributed by atoms with Gasteiger partial charge in [0.2, 0.25) is 12.0 Å². The zero-order valence-electron chi connectivity index (χ0n) is 7.82. The minimum absolute atomic E-state index is 0.322. The predicted molar refractivity (Wildman–Crippen MR) is 47.8 cm³/mol. The third-order valence-corrected chi connectivity index (χ3v) is 1.15. The Morgan fingerprint density at radius 1 is 1.69 bits per heavy atom. The number of carboxylic acid groups (broad SMARTS) is 1. The van der Waals surface area contributed by atoms with Crippen molar-refractivity contribution < 1.29 is 19.4 Å². The summed E-state index contributed by atoms with van der Waals surface area (Å²) in [7, 11) is 0. The molecule has 13 heavy (non-hydrogen) atoms. The Hall–Kier alpha value is -1.45. The van der Waals surface area contributed by atoms with Gasteiger partial charge in [0.1, 0.15) is 0 Å². The van der Waals surface area contributed by atoms with Crippen LogP contribution in [0.3, 0.4) is 0 Å². The molecule has 1 atom stereocenters. The van der Waals surface area contributed by atoms with Crippen molar-refractivity contribution in [3.05, 3.63) is 24.7 Å². The highest BCUT2D eigenvalue weighted by atomic mass is 16.7. The Labute approximate surface area is 77.5 Å². The molecule has 0 amide bonds. The first-order valence-electron chi connectivity index (χ1n) is 3.97. The Kier molecular flexibility index (Phi) is 5.43. The largest absolute Gasteiger partial charge is 0.475 e. The van der Waals surface area contributed by atoms with Gasteiger partial charge < -0.3 is 14.6 Å². The molecule has 0 aromatic carbocycles. The molecule has 0 spiro atoms. The summed E-state index contributed by atoms with van der Waals surface area (Å²) in [5.41, 5.74) is 0. The van der Waals surface area contributed by atoms with Crippen molar-refractivity contribution in [2.24, 2.45) is 0 Å². The fourth-order valence-corrected chi connectivity index (χ4v) is 0.541. The Balaban J connectivity index is 3.74. The monoisotopic (exact) mass is 186 g/mol. The molecule has 0 aliphatic carbocycles. The molecule has 0 heterocycles. The van der Waals surface area contributed by atoms with Crippen molar-refractivity contribution in [1.82, 2.24) is 0 Å². The molecule has 0 aromatic heterocycles. The van der Waals surface area contributed by atoms with Crippen LogP contribution in [0.15, 0.2) is 24.7 Å². The number of ether oxygens (including phenoxy) is 2. The second kappa shape index (κ2) is 6.11. The molecule has 0 aliphatic heterocycles. The van der Waals surface area contributed by atoms with Gasteiger partial charge in [-0.15, -0.1) is 0 Å². The number of carbonyl (C=O) groups is 1. The lowest BCUT2D eigenvalue weighted by Crippen LogP contribution is -2.13. The molecule has 4 nitrogen and oxygen atoms in total. The van der Waals surface area contributed by atoms with Gasteiger partial charge in [0.25, 0.3) is 0 Å². The molecule has 0 bridgehead atoms. The lowest BCUT2D eigenvalue weighted by molar-refractivity contribution is -0.143. The van der Waals surface area contributed by atoms with E-state index in [4.69, 9.17) is 14.6 Å². The van der Waals surface area contributed by atoms with E-state index in [2.05, 4.69) is 6.58 Å². The van der Waals surface area contributed by atoms with Crippen LogP contribution in [0.2, 0.25) is 0 Å². The van der Waals surface area contributed by atoms with E-state index in [1.165, 1.54) is 6.26 Å². The third-order valence-electron chi connectivity index (χ3n) is 1.15. The zero-order valence-corrected chi connectivity index (χ0v) is 7.82. The van der Waals surface area contributed by atoms with Gasteiger partial charge in [-0.2, -0.15) is 0 Å². The van der Waals surface area contributed by atoms with E-state index < -0.39 is 12.3 Å². The topological polar surface area (TPSA) is 55.8 Å². The highest BCUT2D eigenvalue weighted by Crippen LogP contribution is 2.02. The van der Waals surface area contributed by atoms with E-state index in [9.17, 15) is 4.79 Å². The molecule has 0 radical (unpaired) electrons. The number of rotatable bonds is 6. The van der Waals surface area contributed by atoms with Crippen molar-refractivity contribution in [3.63, 3.8) is 0 Å². The predicted octanol–water partition coefficient (Wildman–Crippen LogP) is 1.89. The van der Waals surface area contributed by atoms with E-state index in [1.54, 1.807) is 13.0 Å². The van der Waals surface area contributed by atoms with Crippen LogP contribution in [-0.2, 0) is 14.3 Å². The molecule has 4 heteroatoms. The highest BCUT2D eigenvalue weighted by Gasteiger charge is 2.09. The quantitative estimate of drug-likeness (QED) is 0.391. The van der Waals surface area contributed by atoms with Gasteiger partial charge in [-0.3, -0.25) is 0 Å². The summed E-state index contributed by atoms with van der Waals surface area (Å²) < 4.78 is 9.77. The molecule has 74 valence electrons. The normalized spacial score (nSPS) is 12.5. The summed E-state index contributed by atoms with van der Waals surface area (Å²) in [5.74, 6) is -1.51. The molecule has 0 fully saturated rings. The molecular formula is C9H14O4. The van der Waals surface area contributed by atoms with Gasteiger partial charge in [-0.25, -0.2) is 4.79 Å². The number of carboxylic acids is 1. The average molecular weight is 186 g/mol. The first-order chi connectivity index (χ1) is 6.07. The minimum Gasteiger partial charge on any atom is -0.475 e. The summed E-state index contributed by atoms with van der Waals surface area (Å²) in [6.07, 6.45) is 3.49. The number of allylic oxidation sites excluding steroid dienone is 1. The SMILES string of the molecule is C=C(OC(C)OC=CCC)C(=O)O. The van der Waals surface area contributed by atoms with Crippen molar-refractivity contribution in [2.75, 3.05) is 0 Å². The van der Waals surface area contributed by atoms with Crippen LogP contribution in [0, 0.1) is 0 Å². The number of hydrogen-bond donors (Lipinski definition) is 1. The number of aliphatic carboxylic acids is 1. The second-order valence-corrected chi connectivity index (χ2v) is 2.33. The maximum Gasteiger partial charge on any atom is 0.370 e. The summed E-state index contributed by atoms with van der Waals surface area (Å²) in [5, 5.41) is 8.40. The van der Waals surface area contributed by atoms with Crippen LogP contribution in [0.4, 0.5) is 0 Å². The van der Waals surface area contributed by atoms with Crippen LogP contribution >= 0.6 is 0 Å². The van der Waals surface area contributed by atoms with E-state index >= 15 is 0 Å². The molecule has 0 aromatic rings. The fourth-order valence-electron chi connectivity index (χ4n) is 0.541. The van der Waals surface area contributed by atoms with E-state index in [-0.39, 0.29) is 5.76 Å². The van der Waals surface area contributed by atoms with Crippen LogP contribution < -0.4 is 0 Å². The molecule has 0 saturated carbocycles. The van der Waals surface area contributed by atoms with E-state index in [1.807, 2.05) is 6.92 Å². The molecule has 0 saturated heterocycles. The van der Waals surface area contributed by atoms with Gasteiger partial charge in [0, 0.05) is 6.92 Å². The van der Waals surface area contributed by atoms with Gasteiger partial charge >= 0.3 is 5.97 Å². The van der Waals surface area contributed by atoms with Gasteiger partial charge in [0.15, 0.2) is 0 Å². The zero-order chi connectivity index (χ0) is 10.3. The average Bonchev–Trinajstić information content (AvgIpc) is 2.04. The first-order valence-corrected chi connectivity index (χ1v) is 3.97. The molecule has 1 N–H and O–H groups in total. The van der Waals surface area contributed by atoms with Gasteiger partial charge in [-0.1, -0.05) is 6.92 Å². The number of hydrogen-bond acceptors (Lipinski definition) is 3. The third kappa shape index (κ3) is 5.78. The highest BCUT2D eigenvalue weighted by molar-refractivity contribution is 5.83.